The van der Waals surface area contributed by atoms with Crippen molar-refractivity contribution < 1.29 is 0 Å². The molecule has 0 aliphatic rings. The van der Waals surface area contributed by atoms with Gasteiger partial charge in [0, 0.05) is 0 Å². The maximum absolute atomic E-state index is 2.40. The minimum atomic E-state index is 0.992. The number of hydrogen-bond acceptors (Lipinski definition) is 0. The van der Waals surface area contributed by atoms with Crippen LogP contribution in [0, 0.1) is 55.4 Å². The fourth-order valence-electron chi connectivity index (χ4n) is 6.64. The second kappa shape index (κ2) is 10.3. The smallest absolute Gasteiger partial charge is 0.00142 e. The van der Waals surface area contributed by atoms with Gasteiger partial charge in [0.05, 0.1) is 0 Å². The van der Waals surface area contributed by atoms with Gasteiger partial charge in [-0.3, -0.25) is 0 Å². The predicted octanol–water partition coefficient (Wildman–Crippen LogP) is 9.61. The van der Waals surface area contributed by atoms with Crippen molar-refractivity contribution in [1.29, 1.82) is 0 Å². The van der Waals surface area contributed by atoms with Crippen LogP contribution < -0.4 is 0 Å². The first-order valence-electron chi connectivity index (χ1n) is 13.8. The van der Waals surface area contributed by atoms with E-state index in [0.29, 0.717) is 0 Å². The highest BCUT2D eigenvalue weighted by atomic mass is 14.2. The standard InChI is InChI=1S/C36H44/c1-11-31-21(3)25(7)35(26(8)22(31)4)19-29-17-18-30(34-16-14-13-15-33(29)34)20-36-27(9)23(5)32(12-2)24(6)28(36)10/h13-18H,11-12,19-20H2,1-10H3. The van der Waals surface area contributed by atoms with Crippen molar-refractivity contribution in [1.82, 2.24) is 0 Å². The average Bonchev–Trinajstić information content (AvgIpc) is 2.88. The number of benzene rings is 4. The highest BCUT2D eigenvalue weighted by Crippen LogP contribution is 2.34. The van der Waals surface area contributed by atoms with Crippen molar-refractivity contribution in [2.45, 2.75) is 94.9 Å². The zero-order chi connectivity index (χ0) is 26.3. The molecule has 188 valence electrons. The molecular formula is C36H44. The van der Waals surface area contributed by atoms with E-state index in [-0.39, 0.29) is 0 Å². The zero-order valence-electron chi connectivity index (χ0n) is 24.3. The molecule has 0 aliphatic carbocycles. The maximum Gasteiger partial charge on any atom is -0.00142 e. The fraction of sp³-hybridized carbons (Fsp3) is 0.389. The van der Waals surface area contributed by atoms with Crippen molar-refractivity contribution >= 4 is 10.8 Å². The summed E-state index contributed by atoms with van der Waals surface area (Å²) in [7, 11) is 0. The van der Waals surface area contributed by atoms with Crippen LogP contribution in [0.2, 0.25) is 0 Å². The molecule has 0 N–H and O–H groups in total. The second-order valence-corrected chi connectivity index (χ2v) is 10.9. The molecule has 0 unspecified atom stereocenters. The molecule has 36 heavy (non-hydrogen) atoms. The van der Waals surface area contributed by atoms with E-state index in [4.69, 9.17) is 0 Å². The van der Waals surface area contributed by atoms with Gasteiger partial charge in [-0.05, 0) is 170 Å². The molecule has 0 saturated carbocycles. The van der Waals surface area contributed by atoms with Crippen LogP contribution in [-0.2, 0) is 25.7 Å². The third-order valence-corrected chi connectivity index (χ3v) is 9.42. The van der Waals surface area contributed by atoms with Gasteiger partial charge in [0.25, 0.3) is 0 Å². The van der Waals surface area contributed by atoms with Crippen LogP contribution in [0.5, 0.6) is 0 Å². The van der Waals surface area contributed by atoms with Crippen molar-refractivity contribution in [3.05, 3.63) is 114 Å². The maximum atomic E-state index is 2.40. The Labute approximate surface area is 219 Å². The van der Waals surface area contributed by atoms with Crippen molar-refractivity contribution in [3.63, 3.8) is 0 Å². The molecule has 4 aromatic rings. The minimum Gasteiger partial charge on any atom is -0.0616 e. The zero-order valence-corrected chi connectivity index (χ0v) is 24.3. The van der Waals surface area contributed by atoms with Gasteiger partial charge in [-0.25, -0.2) is 0 Å². The SMILES string of the molecule is CCc1c(C)c(C)c(Cc2ccc(Cc3c(C)c(C)c(CC)c(C)c3C)c3ccccc23)c(C)c1C. The Morgan fingerprint density at radius 1 is 0.389 bits per heavy atom. The van der Waals surface area contributed by atoms with E-state index in [0.717, 1.165) is 25.7 Å². The minimum absolute atomic E-state index is 0.992. The third kappa shape index (κ3) is 4.30. The summed E-state index contributed by atoms with van der Waals surface area (Å²) < 4.78 is 0. The van der Waals surface area contributed by atoms with E-state index in [9.17, 15) is 0 Å². The topological polar surface area (TPSA) is 0 Å². The van der Waals surface area contributed by atoms with Crippen molar-refractivity contribution in [2.24, 2.45) is 0 Å². The van der Waals surface area contributed by atoms with E-state index in [1.54, 1.807) is 0 Å². The summed E-state index contributed by atoms with van der Waals surface area (Å²) >= 11 is 0. The van der Waals surface area contributed by atoms with Gasteiger partial charge < -0.3 is 0 Å². The van der Waals surface area contributed by atoms with Gasteiger partial charge in [0.2, 0.25) is 0 Å². The van der Waals surface area contributed by atoms with Crippen molar-refractivity contribution in [2.75, 3.05) is 0 Å². The molecule has 0 saturated heterocycles. The number of rotatable bonds is 6. The highest BCUT2D eigenvalue weighted by Gasteiger charge is 2.18. The van der Waals surface area contributed by atoms with Gasteiger partial charge in [0.1, 0.15) is 0 Å². The van der Waals surface area contributed by atoms with E-state index in [1.807, 2.05) is 0 Å². The molecule has 0 nitrogen and oxygen atoms in total. The summed E-state index contributed by atoms with van der Waals surface area (Å²) in [4.78, 5) is 0. The molecule has 0 heterocycles. The van der Waals surface area contributed by atoms with E-state index in [2.05, 4.69) is 106 Å². The largest absolute Gasteiger partial charge is 0.0616 e. The lowest BCUT2D eigenvalue weighted by Gasteiger charge is -2.22. The summed E-state index contributed by atoms with van der Waals surface area (Å²) in [5.41, 5.74) is 20.7. The Hall–Kier alpha value is -2.86. The van der Waals surface area contributed by atoms with Gasteiger partial charge in [-0.2, -0.15) is 0 Å². The van der Waals surface area contributed by atoms with E-state index in [1.165, 1.54) is 88.7 Å². The average molecular weight is 477 g/mol. The molecule has 0 aromatic heterocycles. The normalized spacial score (nSPS) is 11.5. The molecule has 0 atom stereocenters. The first kappa shape index (κ1) is 26.2. The second-order valence-electron chi connectivity index (χ2n) is 10.9. The first-order chi connectivity index (χ1) is 17.1. The predicted molar refractivity (Wildman–Crippen MR) is 159 cm³/mol. The molecule has 0 bridgehead atoms. The molecule has 0 amide bonds. The summed E-state index contributed by atoms with van der Waals surface area (Å²) in [5.74, 6) is 0. The number of fused-ring (bicyclic) bond motifs is 1. The quantitative estimate of drug-likeness (QED) is 0.260. The highest BCUT2D eigenvalue weighted by molar-refractivity contribution is 5.89. The Morgan fingerprint density at radius 2 is 0.667 bits per heavy atom. The summed E-state index contributed by atoms with van der Waals surface area (Å²) in [6.45, 7) is 23.1. The van der Waals surface area contributed by atoms with Crippen LogP contribution in [0.15, 0.2) is 36.4 Å². The molecule has 0 spiro atoms. The van der Waals surface area contributed by atoms with Gasteiger partial charge in [-0.15, -0.1) is 0 Å². The van der Waals surface area contributed by atoms with Crippen LogP contribution in [0.25, 0.3) is 10.8 Å². The van der Waals surface area contributed by atoms with E-state index >= 15 is 0 Å². The molecule has 0 radical (unpaired) electrons. The fourth-order valence-corrected chi connectivity index (χ4v) is 6.64. The Balaban J connectivity index is 1.83. The summed E-state index contributed by atoms with van der Waals surface area (Å²) in [6.07, 6.45) is 4.19. The van der Waals surface area contributed by atoms with Crippen molar-refractivity contribution in [3.8, 4) is 0 Å². The van der Waals surface area contributed by atoms with Gasteiger partial charge in [0.15, 0.2) is 0 Å². The molecule has 0 heteroatoms. The number of hydrogen-bond donors (Lipinski definition) is 0. The van der Waals surface area contributed by atoms with Gasteiger partial charge >= 0.3 is 0 Å². The van der Waals surface area contributed by atoms with Crippen LogP contribution in [0.3, 0.4) is 0 Å². The van der Waals surface area contributed by atoms with Crippen LogP contribution in [-0.4, -0.2) is 0 Å². The summed E-state index contributed by atoms with van der Waals surface area (Å²) in [6, 6.07) is 13.9. The lowest BCUT2D eigenvalue weighted by molar-refractivity contribution is 1.01. The third-order valence-electron chi connectivity index (χ3n) is 9.42. The Bertz CT molecular complexity index is 1290. The molecule has 0 fully saturated rings. The molecule has 0 aliphatic heterocycles. The molecule has 4 rings (SSSR count). The first-order valence-corrected chi connectivity index (χ1v) is 13.8. The lowest BCUT2D eigenvalue weighted by Crippen LogP contribution is -2.07. The van der Waals surface area contributed by atoms with Crippen LogP contribution >= 0.6 is 0 Å². The monoisotopic (exact) mass is 476 g/mol. The van der Waals surface area contributed by atoms with Gasteiger partial charge in [-0.1, -0.05) is 50.2 Å². The summed E-state index contributed by atoms with van der Waals surface area (Å²) in [5, 5.41) is 2.80. The lowest BCUT2D eigenvalue weighted by atomic mass is 9.83. The van der Waals surface area contributed by atoms with Crippen LogP contribution in [0.4, 0.5) is 0 Å². The van der Waals surface area contributed by atoms with Crippen LogP contribution in [0.1, 0.15) is 91.7 Å². The molecular weight excluding hydrogens is 432 g/mol. The van der Waals surface area contributed by atoms with E-state index < -0.39 is 0 Å². The Kier molecular flexibility index (Phi) is 7.46. The Morgan fingerprint density at radius 3 is 0.944 bits per heavy atom. The molecule has 4 aromatic carbocycles.